The van der Waals surface area contributed by atoms with E-state index in [2.05, 4.69) is 44.2 Å². The minimum absolute atomic E-state index is 0.607. The second-order valence-corrected chi connectivity index (χ2v) is 5.88. The Morgan fingerprint density at radius 2 is 1.92 bits per heavy atom. The molecule has 2 N–H and O–H groups in total. The molecule has 6 nitrogen and oxygen atoms in total. The molecule has 1 aliphatic rings. The minimum Gasteiger partial charge on any atom is -0.379 e. The lowest BCUT2D eigenvalue weighted by Crippen LogP contribution is -2.39. The number of hydrogen-bond acceptors (Lipinski definition) is 6. The van der Waals surface area contributed by atoms with Gasteiger partial charge in [-0.15, -0.1) is 6.58 Å². The zero-order valence-corrected chi connectivity index (χ0v) is 14.4. The fourth-order valence-corrected chi connectivity index (χ4v) is 2.70. The van der Waals surface area contributed by atoms with Crippen LogP contribution >= 0.6 is 0 Å². The highest BCUT2D eigenvalue weighted by Gasteiger charge is 2.10. The number of ether oxygens (including phenoxy) is 1. The Morgan fingerprint density at radius 1 is 1.12 bits per heavy atom. The van der Waals surface area contributed by atoms with Crippen LogP contribution in [-0.4, -0.2) is 60.8 Å². The van der Waals surface area contributed by atoms with E-state index >= 15 is 0 Å². The molecule has 132 valence electrons. The van der Waals surface area contributed by atoms with Crippen LogP contribution in [-0.2, 0) is 4.74 Å². The van der Waals surface area contributed by atoms with Gasteiger partial charge in [0.1, 0.15) is 5.82 Å². The van der Waals surface area contributed by atoms with E-state index in [9.17, 15) is 0 Å². The number of hydrogen-bond donors (Lipinski definition) is 2. The van der Waals surface area contributed by atoms with Crippen LogP contribution in [0.5, 0.6) is 0 Å². The summed E-state index contributed by atoms with van der Waals surface area (Å²) in [5.41, 5.74) is 1.97. The van der Waals surface area contributed by atoms with Gasteiger partial charge < -0.3 is 15.4 Å². The van der Waals surface area contributed by atoms with Crippen LogP contribution in [0.4, 0.5) is 11.8 Å². The monoisotopic (exact) mass is 339 g/mol. The second-order valence-electron chi connectivity index (χ2n) is 5.88. The largest absolute Gasteiger partial charge is 0.379 e. The topological polar surface area (TPSA) is 62.3 Å². The average Bonchev–Trinajstić information content (AvgIpc) is 2.68. The van der Waals surface area contributed by atoms with E-state index in [-0.39, 0.29) is 0 Å². The molecule has 6 heteroatoms. The first-order valence-corrected chi connectivity index (χ1v) is 8.68. The minimum atomic E-state index is 0.607. The summed E-state index contributed by atoms with van der Waals surface area (Å²) in [4.78, 5) is 11.6. The lowest BCUT2D eigenvalue weighted by Gasteiger charge is -2.26. The normalized spacial score (nSPS) is 14.9. The second kappa shape index (κ2) is 9.15. The Labute approximate surface area is 148 Å². The highest BCUT2D eigenvalue weighted by molar-refractivity contribution is 5.64. The Balaban J connectivity index is 1.69. The number of nitrogens with one attached hydrogen (secondary N) is 2. The van der Waals surface area contributed by atoms with Crippen molar-refractivity contribution in [3.63, 3.8) is 0 Å². The van der Waals surface area contributed by atoms with Crippen LogP contribution < -0.4 is 10.6 Å². The Morgan fingerprint density at radius 3 is 2.68 bits per heavy atom. The molecule has 0 bridgehead atoms. The molecule has 1 fully saturated rings. The van der Waals surface area contributed by atoms with E-state index in [4.69, 9.17) is 4.74 Å². The maximum absolute atomic E-state index is 5.38. The number of rotatable bonds is 8. The van der Waals surface area contributed by atoms with Crippen LogP contribution in [0.15, 0.2) is 49.1 Å². The van der Waals surface area contributed by atoms with Gasteiger partial charge in [0.25, 0.3) is 0 Å². The smallest absolute Gasteiger partial charge is 0.225 e. The summed E-state index contributed by atoms with van der Waals surface area (Å²) in [5.74, 6) is 1.43. The summed E-state index contributed by atoms with van der Waals surface area (Å²) < 4.78 is 5.38. The summed E-state index contributed by atoms with van der Waals surface area (Å²) in [6, 6.07) is 12.1. The fourth-order valence-electron chi connectivity index (χ4n) is 2.70. The van der Waals surface area contributed by atoms with Crippen molar-refractivity contribution in [2.75, 3.05) is 56.6 Å². The molecule has 0 unspecified atom stereocenters. The van der Waals surface area contributed by atoms with Crippen molar-refractivity contribution in [2.45, 2.75) is 0 Å². The quantitative estimate of drug-likeness (QED) is 0.721. The van der Waals surface area contributed by atoms with Crippen LogP contribution in [0.3, 0.4) is 0 Å². The number of anilines is 2. The maximum Gasteiger partial charge on any atom is 0.225 e. The first-order chi connectivity index (χ1) is 12.3. The van der Waals surface area contributed by atoms with Crippen molar-refractivity contribution in [1.29, 1.82) is 0 Å². The van der Waals surface area contributed by atoms with Crippen LogP contribution in [0.1, 0.15) is 0 Å². The molecule has 0 radical (unpaired) electrons. The molecule has 0 amide bonds. The summed E-state index contributed by atoms with van der Waals surface area (Å²) in [6.07, 6.45) is 1.80. The molecule has 1 aromatic heterocycles. The van der Waals surface area contributed by atoms with E-state index in [1.54, 1.807) is 6.08 Å². The first kappa shape index (κ1) is 17.4. The van der Waals surface area contributed by atoms with Crippen LogP contribution in [0.25, 0.3) is 11.3 Å². The fraction of sp³-hybridized carbons (Fsp3) is 0.368. The van der Waals surface area contributed by atoms with E-state index in [0.717, 1.165) is 56.5 Å². The van der Waals surface area contributed by atoms with Gasteiger partial charge in [0.15, 0.2) is 0 Å². The van der Waals surface area contributed by atoms with Crippen LogP contribution in [0, 0.1) is 0 Å². The highest BCUT2D eigenvalue weighted by Crippen LogP contribution is 2.21. The van der Waals surface area contributed by atoms with Crippen molar-refractivity contribution in [3.8, 4) is 11.3 Å². The van der Waals surface area contributed by atoms with Crippen LogP contribution in [0.2, 0.25) is 0 Å². The molecule has 25 heavy (non-hydrogen) atoms. The SMILES string of the molecule is C=CCNc1nc(NCCN2CCOCC2)cc(-c2ccccc2)n1. The van der Waals surface area contributed by atoms with E-state index in [1.807, 2.05) is 24.3 Å². The Hall–Kier alpha value is -2.44. The summed E-state index contributed by atoms with van der Waals surface area (Å²) in [5, 5.41) is 6.60. The van der Waals surface area contributed by atoms with Crippen molar-refractivity contribution in [2.24, 2.45) is 0 Å². The molecule has 0 spiro atoms. The Kier molecular flexibility index (Phi) is 6.36. The number of aromatic nitrogens is 2. The van der Waals surface area contributed by atoms with E-state index in [1.165, 1.54) is 0 Å². The predicted molar refractivity (Wildman–Crippen MR) is 102 cm³/mol. The molecule has 1 aliphatic heterocycles. The van der Waals surface area contributed by atoms with E-state index in [0.29, 0.717) is 12.5 Å². The van der Waals surface area contributed by atoms with Gasteiger partial charge in [-0.05, 0) is 0 Å². The molecule has 2 heterocycles. The molecular weight excluding hydrogens is 314 g/mol. The third-order valence-corrected chi connectivity index (χ3v) is 4.04. The van der Waals surface area contributed by atoms with Gasteiger partial charge in [-0.3, -0.25) is 4.90 Å². The van der Waals surface area contributed by atoms with Crippen molar-refractivity contribution in [1.82, 2.24) is 14.9 Å². The number of benzene rings is 1. The van der Waals surface area contributed by atoms with E-state index < -0.39 is 0 Å². The zero-order chi connectivity index (χ0) is 17.3. The molecule has 0 atom stereocenters. The predicted octanol–water partition coefficient (Wildman–Crippen LogP) is 2.49. The molecular formula is C19H25N5O. The van der Waals surface area contributed by atoms with Crippen molar-refractivity contribution in [3.05, 3.63) is 49.1 Å². The third kappa shape index (κ3) is 5.27. The third-order valence-electron chi connectivity index (χ3n) is 4.04. The summed E-state index contributed by atoms with van der Waals surface area (Å²) in [7, 11) is 0. The molecule has 0 saturated carbocycles. The lowest BCUT2D eigenvalue weighted by atomic mass is 10.1. The molecule has 3 rings (SSSR count). The highest BCUT2D eigenvalue weighted by atomic mass is 16.5. The molecule has 1 aromatic carbocycles. The van der Waals surface area contributed by atoms with Crippen molar-refractivity contribution >= 4 is 11.8 Å². The number of nitrogens with zero attached hydrogens (tertiary/aromatic N) is 3. The first-order valence-electron chi connectivity index (χ1n) is 8.68. The lowest BCUT2D eigenvalue weighted by molar-refractivity contribution is 0.0398. The van der Waals surface area contributed by atoms with Gasteiger partial charge in [-0.25, -0.2) is 4.98 Å². The van der Waals surface area contributed by atoms with Gasteiger partial charge in [-0.1, -0.05) is 36.4 Å². The number of morpholine rings is 1. The zero-order valence-electron chi connectivity index (χ0n) is 14.4. The average molecular weight is 339 g/mol. The summed E-state index contributed by atoms with van der Waals surface area (Å²) >= 11 is 0. The standard InChI is InChI=1S/C19H25N5O/c1-2-8-21-19-22-17(16-6-4-3-5-7-16)15-18(23-19)20-9-10-24-11-13-25-14-12-24/h2-7,15H,1,8-14H2,(H2,20,21,22,23). The Bertz CT molecular complexity index is 671. The van der Waals surface area contributed by atoms with Gasteiger partial charge in [0.05, 0.1) is 18.9 Å². The van der Waals surface area contributed by atoms with Crippen molar-refractivity contribution < 1.29 is 4.74 Å². The van der Waals surface area contributed by atoms with Gasteiger partial charge >= 0.3 is 0 Å². The molecule has 1 saturated heterocycles. The van der Waals surface area contributed by atoms with Gasteiger partial charge in [0, 0.05) is 44.4 Å². The van der Waals surface area contributed by atoms with Gasteiger partial charge in [-0.2, -0.15) is 4.98 Å². The van der Waals surface area contributed by atoms with Gasteiger partial charge in [0.2, 0.25) is 5.95 Å². The molecule has 2 aromatic rings. The summed E-state index contributed by atoms with van der Waals surface area (Å²) in [6.45, 7) is 9.80. The maximum atomic E-state index is 5.38. The molecule has 0 aliphatic carbocycles.